The van der Waals surface area contributed by atoms with Crippen molar-refractivity contribution in [3.05, 3.63) is 53.4 Å². The fourth-order valence-corrected chi connectivity index (χ4v) is 3.17. The van der Waals surface area contributed by atoms with Crippen molar-refractivity contribution in [2.24, 2.45) is 0 Å². The van der Waals surface area contributed by atoms with Crippen LogP contribution in [0.15, 0.2) is 30.5 Å². The Labute approximate surface area is 173 Å². The molecule has 1 aliphatic heterocycles. The summed E-state index contributed by atoms with van der Waals surface area (Å²) in [5, 5.41) is 0.944. The van der Waals surface area contributed by atoms with E-state index in [1.54, 1.807) is 12.1 Å². The van der Waals surface area contributed by atoms with Crippen LogP contribution < -0.4 is 10.4 Å². The number of aryl methyl sites for hydroxylation is 1. The molecule has 8 nitrogen and oxygen atoms in total. The number of rotatable bonds is 6. The lowest BCUT2D eigenvalue weighted by atomic mass is 10.1. The Morgan fingerprint density at radius 1 is 1.23 bits per heavy atom. The van der Waals surface area contributed by atoms with Crippen molar-refractivity contribution in [2.75, 3.05) is 43.7 Å². The summed E-state index contributed by atoms with van der Waals surface area (Å²) in [6.07, 6.45) is 1.50. The highest BCUT2D eigenvalue weighted by atomic mass is 19.1. The van der Waals surface area contributed by atoms with Crippen LogP contribution in [0.2, 0.25) is 0 Å². The molecule has 1 fully saturated rings. The van der Waals surface area contributed by atoms with Gasteiger partial charge in [-0.3, -0.25) is 20.1 Å². The van der Waals surface area contributed by atoms with E-state index < -0.39 is 17.7 Å². The maximum absolute atomic E-state index is 15.1. The summed E-state index contributed by atoms with van der Waals surface area (Å²) < 4.78 is 34.2. The predicted octanol–water partition coefficient (Wildman–Crippen LogP) is 2.54. The van der Waals surface area contributed by atoms with Crippen molar-refractivity contribution >= 4 is 23.9 Å². The Morgan fingerprint density at radius 3 is 2.57 bits per heavy atom. The number of aromatic nitrogens is 1. The molecule has 0 saturated carbocycles. The van der Waals surface area contributed by atoms with Crippen LogP contribution in [0.5, 0.6) is 0 Å². The number of hydrogen-bond acceptors (Lipinski definition) is 6. The Hall–Kier alpha value is -3.27. The van der Waals surface area contributed by atoms with E-state index in [-0.39, 0.29) is 17.8 Å². The van der Waals surface area contributed by atoms with Crippen molar-refractivity contribution in [3.8, 4) is 0 Å². The number of carbonyl (C=O) groups is 2. The molecule has 1 N–H and O–H groups in total. The summed E-state index contributed by atoms with van der Waals surface area (Å²) >= 11 is 0. The van der Waals surface area contributed by atoms with E-state index in [1.807, 2.05) is 11.8 Å². The number of methoxy groups -OCH3 is 1. The number of ether oxygens (including phenoxy) is 1. The van der Waals surface area contributed by atoms with Gasteiger partial charge in [-0.25, -0.2) is 18.6 Å². The van der Waals surface area contributed by atoms with Gasteiger partial charge in [0.25, 0.3) is 0 Å². The SMILES string of the molecule is COC(=O)N1CCN(Cc2c(F)ccc(N(C=O)Nc3ccc(C)nc3)c2F)CC1. The first kappa shape index (κ1) is 21.4. The zero-order chi connectivity index (χ0) is 21.7. The number of pyridine rings is 1. The van der Waals surface area contributed by atoms with Crippen molar-refractivity contribution in [1.82, 2.24) is 14.8 Å². The van der Waals surface area contributed by atoms with Crippen LogP contribution in [0.25, 0.3) is 0 Å². The monoisotopic (exact) mass is 419 g/mol. The number of amides is 2. The molecular weight excluding hydrogens is 396 g/mol. The minimum Gasteiger partial charge on any atom is -0.453 e. The molecule has 0 aliphatic carbocycles. The Morgan fingerprint density at radius 2 is 1.97 bits per heavy atom. The fraction of sp³-hybridized carbons (Fsp3) is 0.350. The van der Waals surface area contributed by atoms with Gasteiger partial charge in [-0.2, -0.15) is 0 Å². The Bertz CT molecular complexity index is 902. The van der Waals surface area contributed by atoms with Gasteiger partial charge in [0.15, 0.2) is 5.82 Å². The molecule has 2 heterocycles. The molecule has 1 aliphatic rings. The lowest BCUT2D eigenvalue weighted by Crippen LogP contribution is -2.48. The maximum atomic E-state index is 15.1. The molecule has 0 radical (unpaired) electrons. The van der Waals surface area contributed by atoms with Crippen molar-refractivity contribution in [2.45, 2.75) is 13.5 Å². The first-order valence-electron chi connectivity index (χ1n) is 9.39. The molecule has 0 spiro atoms. The molecule has 30 heavy (non-hydrogen) atoms. The minimum atomic E-state index is -0.829. The van der Waals surface area contributed by atoms with Gasteiger partial charge >= 0.3 is 6.09 Å². The molecule has 2 aromatic rings. The van der Waals surface area contributed by atoms with Crippen LogP contribution >= 0.6 is 0 Å². The van der Waals surface area contributed by atoms with E-state index in [4.69, 9.17) is 0 Å². The summed E-state index contributed by atoms with van der Waals surface area (Å²) in [5.74, 6) is -1.53. The molecule has 0 unspecified atom stereocenters. The average Bonchev–Trinajstić information content (AvgIpc) is 2.76. The second-order valence-corrected chi connectivity index (χ2v) is 6.87. The molecule has 0 atom stereocenters. The topological polar surface area (TPSA) is 78.0 Å². The number of anilines is 2. The van der Waals surface area contributed by atoms with Crippen LogP contribution in [0.4, 0.5) is 25.0 Å². The summed E-state index contributed by atoms with van der Waals surface area (Å²) in [6.45, 7) is 3.53. The second-order valence-electron chi connectivity index (χ2n) is 6.87. The third-order valence-electron chi connectivity index (χ3n) is 4.88. The van der Waals surface area contributed by atoms with Crippen LogP contribution in [0.1, 0.15) is 11.3 Å². The lowest BCUT2D eigenvalue weighted by Gasteiger charge is -2.34. The smallest absolute Gasteiger partial charge is 0.409 e. The highest BCUT2D eigenvalue weighted by Crippen LogP contribution is 2.26. The zero-order valence-electron chi connectivity index (χ0n) is 16.8. The number of carbonyl (C=O) groups excluding carboxylic acids is 2. The highest BCUT2D eigenvalue weighted by molar-refractivity contribution is 5.79. The van der Waals surface area contributed by atoms with E-state index >= 15 is 4.39 Å². The zero-order valence-corrected chi connectivity index (χ0v) is 16.8. The van der Waals surface area contributed by atoms with Crippen LogP contribution in [-0.2, 0) is 16.1 Å². The van der Waals surface area contributed by atoms with Crippen LogP contribution in [0.3, 0.4) is 0 Å². The molecule has 3 rings (SSSR count). The van der Waals surface area contributed by atoms with Gasteiger partial charge in [0.1, 0.15) is 11.5 Å². The summed E-state index contributed by atoms with van der Waals surface area (Å²) in [6, 6.07) is 5.77. The number of hydrogen-bond donors (Lipinski definition) is 1. The van der Waals surface area contributed by atoms with Crippen LogP contribution in [0, 0.1) is 18.6 Å². The predicted molar refractivity (Wildman–Crippen MR) is 107 cm³/mol. The van der Waals surface area contributed by atoms with Crippen molar-refractivity contribution in [3.63, 3.8) is 0 Å². The molecule has 10 heteroatoms. The Balaban J connectivity index is 1.75. The first-order chi connectivity index (χ1) is 14.4. The molecule has 160 valence electrons. The molecule has 1 saturated heterocycles. The van der Waals surface area contributed by atoms with E-state index in [0.29, 0.717) is 38.3 Å². The van der Waals surface area contributed by atoms with E-state index in [9.17, 15) is 14.0 Å². The number of nitrogens with one attached hydrogen (secondary N) is 1. The van der Waals surface area contributed by atoms with Gasteiger partial charge in [-0.05, 0) is 31.2 Å². The van der Waals surface area contributed by atoms with Gasteiger partial charge in [0, 0.05) is 44.0 Å². The van der Waals surface area contributed by atoms with Gasteiger partial charge in [0.05, 0.1) is 19.0 Å². The van der Waals surface area contributed by atoms with Crippen molar-refractivity contribution in [1.29, 1.82) is 0 Å². The number of piperazine rings is 1. The van der Waals surface area contributed by atoms with Gasteiger partial charge < -0.3 is 9.64 Å². The second kappa shape index (κ2) is 9.49. The summed E-state index contributed by atoms with van der Waals surface area (Å²) in [7, 11) is 1.31. The summed E-state index contributed by atoms with van der Waals surface area (Å²) in [4.78, 5) is 30.6. The largest absolute Gasteiger partial charge is 0.453 e. The number of benzene rings is 1. The fourth-order valence-electron chi connectivity index (χ4n) is 3.17. The standard InChI is InChI=1S/C20H23F2N5O3/c1-14-3-4-15(11-23-14)24-27(13-28)18-6-5-17(21)16(19(18)22)12-25-7-9-26(10-8-25)20(29)30-2/h3-6,11,13,24H,7-10,12H2,1-2H3. The first-order valence-corrected chi connectivity index (χ1v) is 9.39. The Kier molecular flexibility index (Phi) is 6.78. The van der Waals surface area contributed by atoms with Gasteiger partial charge in [0.2, 0.25) is 6.41 Å². The minimum absolute atomic E-state index is 0.0132. The normalized spacial score (nSPS) is 14.3. The molecule has 1 aromatic heterocycles. The van der Waals surface area contributed by atoms with E-state index in [2.05, 4.69) is 15.1 Å². The third kappa shape index (κ3) is 4.82. The van der Waals surface area contributed by atoms with Crippen LogP contribution in [-0.4, -0.2) is 60.6 Å². The third-order valence-corrected chi connectivity index (χ3v) is 4.88. The molecule has 1 aromatic carbocycles. The van der Waals surface area contributed by atoms with E-state index in [0.717, 1.165) is 16.8 Å². The molecule has 0 bridgehead atoms. The number of halogens is 2. The quantitative estimate of drug-likeness (QED) is 0.573. The highest BCUT2D eigenvalue weighted by Gasteiger charge is 2.25. The van der Waals surface area contributed by atoms with Crippen molar-refractivity contribution < 1.29 is 23.1 Å². The molecule has 2 amide bonds. The summed E-state index contributed by atoms with van der Waals surface area (Å²) in [5.41, 5.74) is 3.79. The van der Waals surface area contributed by atoms with E-state index in [1.165, 1.54) is 24.3 Å². The van der Waals surface area contributed by atoms with Gasteiger partial charge in [-0.15, -0.1) is 0 Å². The average molecular weight is 419 g/mol. The molecular formula is C20H23F2N5O3. The number of nitrogens with zero attached hydrogens (tertiary/aromatic N) is 4. The lowest BCUT2D eigenvalue weighted by molar-refractivity contribution is -0.107. The maximum Gasteiger partial charge on any atom is 0.409 e. The van der Waals surface area contributed by atoms with Gasteiger partial charge in [-0.1, -0.05) is 0 Å². The number of hydrazine groups is 1.